The van der Waals surface area contributed by atoms with Crippen molar-refractivity contribution < 1.29 is 18.9 Å². The molecule has 14 nitrogen and oxygen atoms in total. The quantitative estimate of drug-likeness (QED) is 0.0706. The van der Waals surface area contributed by atoms with Crippen LogP contribution in [-0.2, 0) is 45.6 Å². The number of halogens is 2. The summed E-state index contributed by atoms with van der Waals surface area (Å²) in [5.74, 6) is 1.49. The minimum Gasteiger partial charge on any atom is -0.380 e. The lowest BCUT2D eigenvalue weighted by Gasteiger charge is -2.16. The SMILES string of the molecule is COCc1cccc2[nH]c(-c3[nH]nc4ncc(Br)cc34)nc12.COCc1cccc2c1nc(-c1nn(COCC[Si](C)(C)C)c3ncc(Br)cc13)n2COCC[Si](C)(C)C. The van der Waals surface area contributed by atoms with E-state index in [-0.39, 0.29) is 0 Å². The first-order chi connectivity index (χ1) is 28.7. The fourth-order valence-corrected chi connectivity index (χ4v) is 8.85. The third-order valence-electron chi connectivity index (χ3n) is 9.86. The Bertz CT molecular complexity index is 2740. The van der Waals surface area contributed by atoms with E-state index in [1.165, 1.54) is 0 Å². The Labute approximate surface area is 368 Å². The minimum atomic E-state index is -1.20. The van der Waals surface area contributed by atoms with Crippen molar-refractivity contribution in [2.24, 2.45) is 0 Å². The van der Waals surface area contributed by atoms with Gasteiger partial charge < -0.3 is 23.9 Å². The molecule has 0 bridgehead atoms. The van der Waals surface area contributed by atoms with Crippen LogP contribution in [0, 0.1) is 0 Å². The zero-order chi connectivity index (χ0) is 42.6. The third kappa shape index (κ3) is 10.3. The lowest BCUT2D eigenvalue weighted by atomic mass is 10.2. The molecule has 8 aromatic rings. The number of rotatable bonds is 16. The molecule has 0 atom stereocenters. The second-order valence-corrected chi connectivity index (χ2v) is 30.2. The van der Waals surface area contributed by atoms with Gasteiger partial charge in [0.1, 0.15) is 24.8 Å². The Hall–Kier alpha value is -4.15. The standard InChI is InChI=1S/C27H40BrN5O3Si2.C15H12BrN5O/c1-34-17-20-9-8-10-23-24(20)30-27(32(23)18-35-11-13-37(2,3)4)25-22-15-21(28)16-29-26(22)33(31-25)19-36-12-14-38(5,6)7;1-22-7-8-3-2-4-11-12(8)19-15(18-11)13-10-5-9(16)6-17-14(10)21-20-13/h8-10,15-16H,11-14,17-19H2,1-7H3;2-6H,7H2,1H3,(H,18,19)(H,17,20,21). The molecule has 2 N–H and O–H groups in total. The van der Waals surface area contributed by atoms with Crippen molar-refractivity contribution in [3.05, 3.63) is 81.0 Å². The number of benzene rings is 2. The molecule has 0 radical (unpaired) electrons. The van der Waals surface area contributed by atoms with Crippen molar-refractivity contribution in [2.75, 3.05) is 27.4 Å². The van der Waals surface area contributed by atoms with E-state index in [9.17, 15) is 0 Å². The van der Waals surface area contributed by atoms with E-state index >= 15 is 0 Å². The lowest BCUT2D eigenvalue weighted by molar-refractivity contribution is 0.0812. The van der Waals surface area contributed by atoms with Crippen molar-refractivity contribution in [3.8, 4) is 23.0 Å². The van der Waals surface area contributed by atoms with Gasteiger partial charge in [-0.3, -0.25) is 9.67 Å². The molecule has 0 spiro atoms. The monoisotopic (exact) mass is 974 g/mol. The molecule has 0 aliphatic heterocycles. The molecule has 8 rings (SSSR count). The van der Waals surface area contributed by atoms with Gasteiger partial charge in [-0.1, -0.05) is 63.5 Å². The first kappa shape index (κ1) is 43.9. The zero-order valence-corrected chi connectivity index (χ0v) is 40.6. The summed E-state index contributed by atoms with van der Waals surface area (Å²) in [5, 5.41) is 14.1. The highest BCUT2D eigenvalue weighted by atomic mass is 79.9. The number of aromatic amines is 2. The molecule has 0 fully saturated rings. The number of methoxy groups -OCH3 is 2. The normalized spacial score (nSPS) is 12.3. The van der Waals surface area contributed by atoms with Gasteiger partial charge in [-0.15, -0.1) is 0 Å². The van der Waals surface area contributed by atoms with Crippen LogP contribution in [0.4, 0.5) is 0 Å². The molecule has 316 valence electrons. The van der Waals surface area contributed by atoms with Gasteiger partial charge in [-0.2, -0.15) is 10.2 Å². The maximum absolute atomic E-state index is 6.22. The van der Waals surface area contributed by atoms with E-state index in [0.717, 1.165) is 100 Å². The molecular formula is C42H52Br2N10O4Si2. The van der Waals surface area contributed by atoms with E-state index in [0.29, 0.717) is 38.9 Å². The summed E-state index contributed by atoms with van der Waals surface area (Å²) in [4.78, 5) is 22.1. The lowest BCUT2D eigenvalue weighted by Crippen LogP contribution is -2.22. The number of imidazole rings is 2. The number of hydrogen-bond acceptors (Lipinski definition) is 10. The fourth-order valence-electron chi connectivity index (χ4n) is 6.68. The summed E-state index contributed by atoms with van der Waals surface area (Å²) >= 11 is 7.04. The summed E-state index contributed by atoms with van der Waals surface area (Å²) in [7, 11) is 0.997. The molecular weight excluding hydrogens is 925 g/mol. The van der Waals surface area contributed by atoms with Crippen LogP contribution in [0.5, 0.6) is 0 Å². The predicted octanol–water partition coefficient (Wildman–Crippen LogP) is 10.4. The number of hydrogen-bond donors (Lipinski definition) is 2. The number of aromatic nitrogens is 10. The van der Waals surface area contributed by atoms with Gasteiger partial charge in [-0.25, -0.2) is 24.6 Å². The van der Waals surface area contributed by atoms with Gasteiger partial charge in [0.25, 0.3) is 0 Å². The molecule has 0 aliphatic carbocycles. The number of para-hydroxylation sites is 2. The molecule has 0 saturated heterocycles. The predicted molar refractivity (Wildman–Crippen MR) is 250 cm³/mol. The maximum Gasteiger partial charge on any atom is 0.181 e. The first-order valence-electron chi connectivity index (χ1n) is 19.8. The van der Waals surface area contributed by atoms with Gasteiger partial charge in [0.15, 0.2) is 22.9 Å². The van der Waals surface area contributed by atoms with Crippen LogP contribution in [0.3, 0.4) is 0 Å². The van der Waals surface area contributed by atoms with Gasteiger partial charge in [0, 0.05) is 76.0 Å². The van der Waals surface area contributed by atoms with Crippen molar-refractivity contribution in [1.82, 2.24) is 49.5 Å². The zero-order valence-electron chi connectivity index (χ0n) is 35.4. The Kier molecular flexibility index (Phi) is 13.8. The van der Waals surface area contributed by atoms with E-state index in [1.807, 2.05) is 35.0 Å². The van der Waals surface area contributed by atoms with Gasteiger partial charge in [0.05, 0.1) is 46.1 Å². The van der Waals surface area contributed by atoms with Crippen LogP contribution < -0.4 is 0 Å². The second kappa shape index (κ2) is 18.9. The van der Waals surface area contributed by atoms with Crippen molar-refractivity contribution in [2.45, 2.75) is 78.0 Å². The number of nitrogens with zero attached hydrogens (tertiary/aromatic N) is 8. The molecule has 18 heteroatoms. The average Bonchev–Trinajstić information content (AvgIpc) is 3.98. The van der Waals surface area contributed by atoms with Gasteiger partial charge in [0.2, 0.25) is 0 Å². The van der Waals surface area contributed by atoms with Crippen molar-refractivity contribution >= 4 is 92.1 Å². The van der Waals surface area contributed by atoms with Crippen LogP contribution in [0.25, 0.3) is 67.2 Å². The Morgan fingerprint density at radius 2 is 1.37 bits per heavy atom. The Morgan fingerprint density at radius 1 is 0.733 bits per heavy atom. The second-order valence-electron chi connectivity index (χ2n) is 17.1. The summed E-state index contributed by atoms with van der Waals surface area (Å²) < 4.78 is 28.7. The Morgan fingerprint density at radius 3 is 2.05 bits per heavy atom. The number of fused-ring (bicyclic) bond motifs is 4. The molecule has 6 heterocycles. The highest BCUT2D eigenvalue weighted by Gasteiger charge is 2.23. The minimum absolute atomic E-state index is 0.345. The molecule has 0 unspecified atom stereocenters. The van der Waals surface area contributed by atoms with Crippen molar-refractivity contribution in [1.29, 1.82) is 0 Å². The average molecular weight is 977 g/mol. The molecule has 2 aromatic carbocycles. The van der Waals surface area contributed by atoms with Gasteiger partial charge in [-0.05, 0) is 68.2 Å². The van der Waals surface area contributed by atoms with E-state index in [1.54, 1.807) is 26.6 Å². The largest absolute Gasteiger partial charge is 0.380 e. The number of H-pyrrole nitrogens is 2. The van der Waals surface area contributed by atoms with Crippen LogP contribution in [0.2, 0.25) is 51.4 Å². The summed E-state index contributed by atoms with van der Waals surface area (Å²) in [6.45, 7) is 17.3. The summed E-state index contributed by atoms with van der Waals surface area (Å²) in [5.41, 5.74) is 8.87. The van der Waals surface area contributed by atoms with E-state index in [4.69, 9.17) is 34.0 Å². The molecule has 6 aromatic heterocycles. The number of ether oxygens (including phenoxy) is 4. The summed E-state index contributed by atoms with van der Waals surface area (Å²) in [6.07, 6.45) is 3.52. The highest BCUT2D eigenvalue weighted by Crippen LogP contribution is 2.33. The van der Waals surface area contributed by atoms with Crippen molar-refractivity contribution in [3.63, 3.8) is 0 Å². The van der Waals surface area contributed by atoms with Crippen LogP contribution in [0.1, 0.15) is 11.1 Å². The smallest absolute Gasteiger partial charge is 0.181 e. The van der Waals surface area contributed by atoms with E-state index < -0.39 is 16.1 Å². The molecule has 0 saturated carbocycles. The van der Waals surface area contributed by atoms with Crippen LogP contribution in [0.15, 0.2) is 69.9 Å². The molecule has 0 amide bonds. The molecule has 60 heavy (non-hydrogen) atoms. The number of pyridine rings is 2. The number of nitrogens with one attached hydrogen (secondary N) is 2. The first-order valence-corrected chi connectivity index (χ1v) is 28.8. The highest BCUT2D eigenvalue weighted by molar-refractivity contribution is 9.10. The van der Waals surface area contributed by atoms with Crippen LogP contribution >= 0.6 is 31.9 Å². The topological polar surface area (TPSA) is 156 Å². The van der Waals surface area contributed by atoms with Gasteiger partial charge >= 0.3 is 0 Å². The van der Waals surface area contributed by atoms with E-state index in [2.05, 4.69) is 119 Å². The molecule has 0 aliphatic rings. The third-order valence-corrected chi connectivity index (χ3v) is 14.1. The van der Waals surface area contributed by atoms with Crippen LogP contribution in [-0.4, -0.2) is 93.0 Å². The maximum atomic E-state index is 6.22. The fraction of sp³-hybridized carbons (Fsp3) is 0.381. The Balaban J connectivity index is 0.000000208. The summed E-state index contributed by atoms with van der Waals surface area (Å²) in [6, 6.07) is 18.4.